The molecule has 8 nitrogen and oxygen atoms in total. The zero-order valence-electron chi connectivity index (χ0n) is 19.2. The highest BCUT2D eigenvalue weighted by atomic mass is 16.5. The van der Waals surface area contributed by atoms with E-state index in [1.807, 2.05) is 46.8 Å². The first-order chi connectivity index (χ1) is 16.2. The monoisotopic (exact) mass is 449 g/mol. The molecule has 1 aromatic carbocycles. The molecule has 2 aromatic heterocycles. The van der Waals surface area contributed by atoms with Crippen LogP contribution in [0.1, 0.15) is 35.0 Å². The van der Waals surface area contributed by atoms with Crippen molar-refractivity contribution in [1.29, 1.82) is 0 Å². The Morgan fingerprint density at radius 3 is 2.73 bits per heavy atom. The number of aryl methyl sites for hydroxylation is 2. The highest BCUT2D eigenvalue weighted by Crippen LogP contribution is 2.26. The number of carbonyl (C=O) groups excluding carboxylic acids is 1. The SMILES string of the molecule is Cc1nn2c(C3CN(C(=O)CCc4ccccc4)CCO3)ccnc2c1CN1CCOCC1. The van der Waals surface area contributed by atoms with E-state index in [4.69, 9.17) is 14.6 Å². The Hall–Kier alpha value is -2.81. The Balaban J connectivity index is 1.31. The molecule has 1 unspecified atom stereocenters. The molecule has 0 bridgehead atoms. The number of morpholine rings is 2. The molecule has 0 N–H and O–H groups in total. The molecule has 2 fully saturated rings. The average Bonchev–Trinajstić information content (AvgIpc) is 3.19. The van der Waals surface area contributed by atoms with Gasteiger partial charge in [0.2, 0.25) is 5.91 Å². The maximum atomic E-state index is 12.9. The number of nitrogens with zero attached hydrogens (tertiary/aromatic N) is 5. The summed E-state index contributed by atoms with van der Waals surface area (Å²) < 4.78 is 13.5. The fourth-order valence-electron chi connectivity index (χ4n) is 4.64. The van der Waals surface area contributed by atoms with Gasteiger partial charge in [0, 0.05) is 44.4 Å². The summed E-state index contributed by atoms with van der Waals surface area (Å²) in [5.74, 6) is 0.169. The van der Waals surface area contributed by atoms with Crippen molar-refractivity contribution in [3.63, 3.8) is 0 Å². The molecule has 0 spiro atoms. The number of amides is 1. The maximum absolute atomic E-state index is 12.9. The Morgan fingerprint density at radius 2 is 1.91 bits per heavy atom. The highest BCUT2D eigenvalue weighted by Gasteiger charge is 2.28. The van der Waals surface area contributed by atoms with Crippen molar-refractivity contribution in [3.8, 4) is 0 Å². The van der Waals surface area contributed by atoms with Crippen LogP contribution >= 0.6 is 0 Å². The number of ether oxygens (including phenoxy) is 2. The Labute approximate surface area is 194 Å². The molecule has 2 saturated heterocycles. The molecule has 5 rings (SSSR count). The Morgan fingerprint density at radius 1 is 1.09 bits per heavy atom. The zero-order chi connectivity index (χ0) is 22.6. The predicted molar refractivity (Wildman–Crippen MR) is 124 cm³/mol. The second-order valence-electron chi connectivity index (χ2n) is 8.74. The summed E-state index contributed by atoms with van der Waals surface area (Å²) in [4.78, 5) is 21.9. The lowest BCUT2D eigenvalue weighted by Gasteiger charge is -2.33. The minimum absolute atomic E-state index is 0.169. The molecule has 4 heterocycles. The molecule has 174 valence electrons. The van der Waals surface area contributed by atoms with Crippen molar-refractivity contribution in [2.45, 2.75) is 32.4 Å². The topological polar surface area (TPSA) is 72.2 Å². The standard InChI is InChI=1S/C25H31N5O3/c1-19-21(17-28-11-14-32-15-12-28)25-26-10-9-22(30(25)27-19)23-18-29(13-16-33-23)24(31)8-7-20-5-3-2-4-6-20/h2-6,9-10,23H,7-8,11-18H2,1H3. The fourth-order valence-corrected chi connectivity index (χ4v) is 4.64. The third-order valence-electron chi connectivity index (χ3n) is 6.55. The van der Waals surface area contributed by atoms with Gasteiger partial charge in [0.15, 0.2) is 5.65 Å². The third kappa shape index (κ3) is 4.93. The van der Waals surface area contributed by atoms with E-state index in [9.17, 15) is 4.79 Å². The van der Waals surface area contributed by atoms with Gasteiger partial charge in [-0.05, 0) is 25.0 Å². The summed E-state index contributed by atoms with van der Waals surface area (Å²) in [7, 11) is 0. The van der Waals surface area contributed by atoms with Crippen molar-refractivity contribution in [3.05, 3.63) is 65.1 Å². The molecule has 0 radical (unpaired) electrons. The first-order valence-corrected chi connectivity index (χ1v) is 11.8. The van der Waals surface area contributed by atoms with Crippen molar-refractivity contribution in [2.24, 2.45) is 0 Å². The maximum Gasteiger partial charge on any atom is 0.223 e. The minimum atomic E-state index is -0.222. The van der Waals surface area contributed by atoms with Gasteiger partial charge in [0.1, 0.15) is 6.10 Å². The van der Waals surface area contributed by atoms with Gasteiger partial charge >= 0.3 is 0 Å². The average molecular weight is 450 g/mol. The molecular weight excluding hydrogens is 418 g/mol. The fraction of sp³-hybridized carbons (Fsp3) is 0.480. The molecular formula is C25H31N5O3. The summed E-state index contributed by atoms with van der Waals surface area (Å²) in [5, 5.41) is 4.81. The lowest BCUT2D eigenvalue weighted by atomic mass is 10.1. The predicted octanol–water partition coefficient (Wildman–Crippen LogP) is 2.40. The van der Waals surface area contributed by atoms with Crippen molar-refractivity contribution in [2.75, 3.05) is 46.0 Å². The summed E-state index contributed by atoms with van der Waals surface area (Å²) in [6.45, 7) is 7.89. The van der Waals surface area contributed by atoms with Crippen LogP contribution in [0.25, 0.3) is 5.65 Å². The first kappa shape index (κ1) is 22.0. The van der Waals surface area contributed by atoms with Crippen molar-refractivity contribution >= 4 is 11.6 Å². The van der Waals surface area contributed by atoms with Gasteiger partial charge in [0.05, 0.1) is 37.8 Å². The van der Waals surface area contributed by atoms with Gasteiger partial charge in [-0.15, -0.1) is 0 Å². The van der Waals surface area contributed by atoms with E-state index >= 15 is 0 Å². The van der Waals surface area contributed by atoms with Gasteiger partial charge < -0.3 is 14.4 Å². The molecule has 0 aliphatic carbocycles. The summed E-state index contributed by atoms with van der Waals surface area (Å²) in [5.41, 5.74) is 5.12. The molecule has 0 saturated carbocycles. The molecule has 3 aromatic rings. The highest BCUT2D eigenvalue weighted by molar-refractivity contribution is 5.76. The van der Waals surface area contributed by atoms with Gasteiger partial charge in [-0.3, -0.25) is 9.69 Å². The number of hydrogen-bond acceptors (Lipinski definition) is 6. The summed E-state index contributed by atoms with van der Waals surface area (Å²) in [6.07, 6.45) is 2.87. The van der Waals surface area contributed by atoms with Gasteiger partial charge in [-0.25, -0.2) is 9.50 Å². The van der Waals surface area contributed by atoms with Gasteiger partial charge in [-0.2, -0.15) is 5.10 Å². The van der Waals surface area contributed by atoms with Gasteiger partial charge in [0.25, 0.3) is 0 Å². The molecule has 8 heteroatoms. The van der Waals surface area contributed by atoms with Crippen LogP contribution in [0.4, 0.5) is 0 Å². The number of carbonyl (C=O) groups is 1. The van der Waals surface area contributed by atoms with Crippen LogP contribution < -0.4 is 0 Å². The van der Waals surface area contributed by atoms with E-state index in [2.05, 4.69) is 22.0 Å². The normalized spacial score (nSPS) is 19.8. The zero-order valence-corrected chi connectivity index (χ0v) is 19.2. The van der Waals surface area contributed by atoms with E-state index < -0.39 is 0 Å². The van der Waals surface area contributed by atoms with Crippen molar-refractivity contribution < 1.29 is 14.3 Å². The van der Waals surface area contributed by atoms with Crippen LogP contribution in [-0.4, -0.2) is 76.3 Å². The molecule has 1 atom stereocenters. The molecule has 1 amide bonds. The quantitative estimate of drug-likeness (QED) is 0.576. The number of benzene rings is 1. The van der Waals surface area contributed by atoms with E-state index in [1.54, 1.807) is 0 Å². The lowest BCUT2D eigenvalue weighted by Crippen LogP contribution is -2.42. The van der Waals surface area contributed by atoms with Crippen molar-refractivity contribution in [1.82, 2.24) is 24.4 Å². The van der Waals surface area contributed by atoms with E-state index in [0.29, 0.717) is 26.1 Å². The van der Waals surface area contributed by atoms with E-state index in [-0.39, 0.29) is 12.0 Å². The largest absolute Gasteiger partial charge is 0.379 e. The Kier molecular flexibility index (Phi) is 6.66. The first-order valence-electron chi connectivity index (χ1n) is 11.8. The smallest absolute Gasteiger partial charge is 0.223 e. The molecule has 2 aliphatic rings. The summed E-state index contributed by atoms with van der Waals surface area (Å²) in [6, 6.07) is 12.1. The van der Waals surface area contributed by atoms with Crippen LogP contribution in [0.15, 0.2) is 42.6 Å². The number of hydrogen-bond donors (Lipinski definition) is 0. The second kappa shape index (κ2) is 9.99. The molecule has 33 heavy (non-hydrogen) atoms. The second-order valence-corrected chi connectivity index (χ2v) is 8.74. The van der Waals surface area contributed by atoms with E-state index in [1.165, 1.54) is 5.56 Å². The lowest BCUT2D eigenvalue weighted by molar-refractivity contribution is -0.139. The van der Waals surface area contributed by atoms with Crippen LogP contribution in [0.2, 0.25) is 0 Å². The molecule has 2 aliphatic heterocycles. The number of fused-ring (bicyclic) bond motifs is 1. The van der Waals surface area contributed by atoms with Crippen LogP contribution in [0, 0.1) is 6.92 Å². The number of aromatic nitrogens is 3. The number of rotatable bonds is 6. The minimum Gasteiger partial charge on any atom is -0.379 e. The third-order valence-corrected chi connectivity index (χ3v) is 6.55. The van der Waals surface area contributed by atoms with Gasteiger partial charge in [-0.1, -0.05) is 30.3 Å². The van der Waals surface area contributed by atoms with Crippen LogP contribution in [0.3, 0.4) is 0 Å². The van der Waals surface area contributed by atoms with Crippen LogP contribution in [-0.2, 0) is 27.2 Å². The Bertz CT molecular complexity index is 1090. The van der Waals surface area contributed by atoms with E-state index in [0.717, 1.165) is 61.9 Å². The van der Waals surface area contributed by atoms with Crippen LogP contribution in [0.5, 0.6) is 0 Å². The summed E-state index contributed by atoms with van der Waals surface area (Å²) >= 11 is 0.